The molecule has 1 aliphatic rings. The van der Waals surface area contributed by atoms with Gasteiger partial charge in [0.15, 0.2) is 5.11 Å². The number of ether oxygens (including phenoxy) is 2. The Morgan fingerprint density at radius 3 is 2.68 bits per heavy atom. The molecule has 2 aromatic heterocycles. The standard InChI is InChI=1S/C28H25Cl2N3O3S/c1-17-6-7-18(29)15-20(17)23-10-11-25(36-23)27-26(22-5-3-4-12-31-22)32-28(37)33(27)19-8-9-24(21(30)16-19)35-14-13-34-2/h3-12,15-16,26-27H,13-14H2,1-2H3,(H,32,37)/t26-,27-/m0/s1. The number of nitrogens with zero attached hydrogens (tertiary/aromatic N) is 2. The van der Waals surface area contributed by atoms with E-state index < -0.39 is 0 Å². The molecule has 1 aliphatic heterocycles. The fraction of sp³-hybridized carbons (Fsp3) is 0.214. The van der Waals surface area contributed by atoms with Crippen molar-refractivity contribution in [3.8, 4) is 17.1 Å². The summed E-state index contributed by atoms with van der Waals surface area (Å²) in [6.45, 7) is 2.90. The second-order valence-electron chi connectivity index (χ2n) is 8.61. The van der Waals surface area contributed by atoms with Gasteiger partial charge in [-0.05, 0) is 79.3 Å². The van der Waals surface area contributed by atoms with Gasteiger partial charge in [-0.15, -0.1) is 0 Å². The van der Waals surface area contributed by atoms with Crippen LogP contribution in [-0.2, 0) is 4.74 Å². The van der Waals surface area contributed by atoms with Gasteiger partial charge >= 0.3 is 0 Å². The predicted octanol–water partition coefficient (Wildman–Crippen LogP) is 7.16. The number of pyridine rings is 1. The normalized spacial score (nSPS) is 17.2. The summed E-state index contributed by atoms with van der Waals surface area (Å²) in [5, 5.41) is 5.11. The van der Waals surface area contributed by atoms with E-state index in [1.54, 1.807) is 13.3 Å². The van der Waals surface area contributed by atoms with E-state index in [1.807, 2.05) is 78.6 Å². The minimum absolute atomic E-state index is 0.246. The molecule has 0 radical (unpaired) electrons. The number of hydrogen-bond acceptors (Lipinski definition) is 5. The first kappa shape index (κ1) is 25.5. The zero-order valence-corrected chi connectivity index (χ0v) is 22.6. The molecular formula is C28H25Cl2N3O3S. The van der Waals surface area contributed by atoms with Crippen LogP contribution in [0.15, 0.2) is 77.3 Å². The summed E-state index contributed by atoms with van der Waals surface area (Å²) in [5.41, 5.74) is 3.66. The van der Waals surface area contributed by atoms with Gasteiger partial charge in [0, 0.05) is 29.6 Å². The van der Waals surface area contributed by atoms with Gasteiger partial charge in [-0.3, -0.25) is 4.98 Å². The maximum absolute atomic E-state index is 6.59. The number of hydrogen-bond donors (Lipinski definition) is 1. The summed E-state index contributed by atoms with van der Waals surface area (Å²) in [6, 6.07) is 20.6. The largest absolute Gasteiger partial charge is 0.490 e. The van der Waals surface area contributed by atoms with E-state index in [1.165, 1.54) is 0 Å². The van der Waals surface area contributed by atoms with Crippen LogP contribution in [-0.4, -0.2) is 30.4 Å². The zero-order chi connectivity index (χ0) is 25.9. The Kier molecular flexibility index (Phi) is 7.67. The Balaban J connectivity index is 1.55. The van der Waals surface area contributed by atoms with Crippen LogP contribution in [0.25, 0.3) is 11.3 Å². The Bertz CT molecular complexity index is 1410. The fourth-order valence-electron chi connectivity index (χ4n) is 4.43. The summed E-state index contributed by atoms with van der Waals surface area (Å²) in [6.07, 6.45) is 1.77. The van der Waals surface area contributed by atoms with Gasteiger partial charge in [0.25, 0.3) is 0 Å². The summed E-state index contributed by atoms with van der Waals surface area (Å²) < 4.78 is 17.3. The number of methoxy groups -OCH3 is 1. The SMILES string of the molecule is COCCOc1ccc(N2C(=S)N[C@@H](c3ccccn3)[C@@H]2c2ccc(-c3cc(Cl)ccc3C)o2)cc1Cl. The second-order valence-corrected chi connectivity index (χ2v) is 9.84. The van der Waals surface area contributed by atoms with E-state index in [-0.39, 0.29) is 12.1 Å². The summed E-state index contributed by atoms with van der Waals surface area (Å²) in [7, 11) is 1.63. The van der Waals surface area contributed by atoms with Crippen LogP contribution in [0.4, 0.5) is 5.69 Å². The van der Waals surface area contributed by atoms with Crippen LogP contribution in [0.3, 0.4) is 0 Å². The van der Waals surface area contributed by atoms with Crippen molar-refractivity contribution in [1.82, 2.24) is 10.3 Å². The molecule has 0 amide bonds. The molecule has 0 spiro atoms. The molecule has 2 atom stereocenters. The smallest absolute Gasteiger partial charge is 0.174 e. The summed E-state index contributed by atoms with van der Waals surface area (Å²) in [4.78, 5) is 6.60. The van der Waals surface area contributed by atoms with Crippen LogP contribution < -0.4 is 15.0 Å². The Labute approximate surface area is 231 Å². The van der Waals surface area contributed by atoms with Gasteiger partial charge in [0.1, 0.15) is 29.9 Å². The number of benzene rings is 2. The average Bonchev–Trinajstić information content (AvgIpc) is 3.51. The molecule has 1 fully saturated rings. The van der Waals surface area contributed by atoms with Crippen LogP contribution in [0.5, 0.6) is 5.75 Å². The van der Waals surface area contributed by atoms with Crippen molar-refractivity contribution >= 4 is 46.2 Å². The predicted molar refractivity (Wildman–Crippen MR) is 151 cm³/mol. The number of aromatic nitrogens is 1. The molecule has 4 aromatic rings. The third-order valence-electron chi connectivity index (χ3n) is 6.22. The molecule has 1 saturated heterocycles. The molecule has 9 heteroatoms. The first-order valence-electron chi connectivity index (χ1n) is 11.7. The molecule has 2 aromatic carbocycles. The monoisotopic (exact) mass is 553 g/mol. The highest BCUT2D eigenvalue weighted by Gasteiger charge is 2.42. The molecule has 0 saturated carbocycles. The molecule has 0 aliphatic carbocycles. The van der Waals surface area contributed by atoms with Crippen molar-refractivity contribution in [2.24, 2.45) is 0 Å². The molecule has 1 N–H and O–H groups in total. The number of furan rings is 1. The molecule has 6 nitrogen and oxygen atoms in total. The van der Waals surface area contributed by atoms with Gasteiger partial charge < -0.3 is 24.1 Å². The molecule has 3 heterocycles. The van der Waals surface area contributed by atoms with Gasteiger partial charge in [-0.2, -0.15) is 0 Å². The molecule has 190 valence electrons. The summed E-state index contributed by atoms with van der Waals surface area (Å²) in [5.74, 6) is 2.04. The third-order valence-corrected chi connectivity index (χ3v) is 7.07. The van der Waals surface area contributed by atoms with Crippen LogP contribution in [0.2, 0.25) is 10.0 Å². The number of anilines is 1. The Morgan fingerprint density at radius 1 is 1.05 bits per heavy atom. The van der Waals surface area contributed by atoms with Crippen molar-refractivity contribution < 1.29 is 13.9 Å². The van der Waals surface area contributed by atoms with Crippen molar-refractivity contribution in [2.75, 3.05) is 25.2 Å². The lowest BCUT2D eigenvalue weighted by Crippen LogP contribution is -2.29. The maximum atomic E-state index is 6.59. The third kappa shape index (κ3) is 5.31. The minimum atomic E-state index is -0.313. The number of thiocarbonyl (C=S) groups is 1. The highest BCUT2D eigenvalue weighted by molar-refractivity contribution is 7.80. The highest BCUT2D eigenvalue weighted by Crippen LogP contribution is 2.44. The lowest BCUT2D eigenvalue weighted by Gasteiger charge is -2.26. The van der Waals surface area contributed by atoms with E-state index in [4.69, 9.17) is 49.3 Å². The maximum Gasteiger partial charge on any atom is 0.174 e. The van der Waals surface area contributed by atoms with Gasteiger partial charge in [0.05, 0.1) is 23.4 Å². The van der Waals surface area contributed by atoms with Crippen LogP contribution in [0.1, 0.15) is 29.1 Å². The Hall–Kier alpha value is -3.10. The van der Waals surface area contributed by atoms with E-state index in [9.17, 15) is 0 Å². The number of rotatable bonds is 8. The van der Waals surface area contributed by atoms with Gasteiger partial charge in [-0.1, -0.05) is 35.3 Å². The zero-order valence-electron chi connectivity index (χ0n) is 20.3. The summed E-state index contributed by atoms with van der Waals surface area (Å²) >= 11 is 18.7. The van der Waals surface area contributed by atoms with E-state index in [2.05, 4.69) is 10.3 Å². The van der Waals surface area contributed by atoms with Gasteiger partial charge in [-0.25, -0.2) is 0 Å². The second kappa shape index (κ2) is 11.1. The van der Waals surface area contributed by atoms with Crippen molar-refractivity contribution in [3.05, 3.63) is 100.0 Å². The molecule has 0 unspecified atom stereocenters. The van der Waals surface area contributed by atoms with E-state index >= 15 is 0 Å². The molecule has 5 rings (SSSR count). The Morgan fingerprint density at radius 2 is 1.92 bits per heavy atom. The number of aryl methyl sites for hydroxylation is 1. The quantitative estimate of drug-likeness (QED) is 0.183. The first-order valence-corrected chi connectivity index (χ1v) is 12.9. The first-order chi connectivity index (χ1) is 18.0. The molecule has 0 bridgehead atoms. The van der Waals surface area contributed by atoms with Crippen LogP contribution >= 0.6 is 35.4 Å². The fourth-order valence-corrected chi connectivity index (χ4v) is 5.18. The average molecular weight is 554 g/mol. The highest BCUT2D eigenvalue weighted by atomic mass is 35.5. The van der Waals surface area contributed by atoms with Crippen LogP contribution in [0, 0.1) is 6.92 Å². The van der Waals surface area contributed by atoms with E-state index in [0.29, 0.717) is 34.1 Å². The lowest BCUT2D eigenvalue weighted by molar-refractivity contribution is 0.146. The number of halogens is 2. The van der Waals surface area contributed by atoms with Crippen molar-refractivity contribution in [3.63, 3.8) is 0 Å². The molecule has 37 heavy (non-hydrogen) atoms. The minimum Gasteiger partial charge on any atom is -0.490 e. The van der Waals surface area contributed by atoms with Gasteiger partial charge in [0.2, 0.25) is 0 Å². The molecular weight excluding hydrogens is 529 g/mol. The van der Waals surface area contributed by atoms with Crippen molar-refractivity contribution in [1.29, 1.82) is 0 Å². The van der Waals surface area contributed by atoms with Crippen molar-refractivity contribution in [2.45, 2.75) is 19.0 Å². The number of nitrogens with one attached hydrogen (secondary N) is 1. The lowest BCUT2D eigenvalue weighted by atomic mass is 10.0. The van der Waals surface area contributed by atoms with E-state index in [0.717, 1.165) is 34.0 Å². The topological polar surface area (TPSA) is 59.8 Å².